The third-order valence-electron chi connectivity index (χ3n) is 13.3. The fraction of sp³-hybridized carbons (Fsp3) is 0. The number of para-hydroxylation sites is 1. The highest BCUT2D eigenvalue weighted by atomic mass is 32.1. The average molecular weight is 849 g/mol. The second-order valence-electron chi connectivity index (χ2n) is 16.8. The van der Waals surface area contributed by atoms with Crippen molar-refractivity contribution in [3.8, 4) is 44.8 Å². The van der Waals surface area contributed by atoms with Gasteiger partial charge in [-0.2, -0.15) is 0 Å². The first kappa shape index (κ1) is 35.8. The number of hydrogen-bond acceptors (Lipinski definition) is 2. The van der Waals surface area contributed by atoms with E-state index in [1.165, 1.54) is 117 Å². The van der Waals surface area contributed by atoms with Crippen LogP contribution in [0.3, 0.4) is 0 Å². The van der Waals surface area contributed by atoms with Crippen molar-refractivity contribution in [2.24, 2.45) is 0 Å². The average Bonchev–Trinajstić information content (AvgIpc) is 4.12. The van der Waals surface area contributed by atoms with Crippen LogP contribution < -0.4 is 0 Å². The molecule has 14 rings (SSSR count). The van der Waals surface area contributed by atoms with Gasteiger partial charge in [0.2, 0.25) is 0 Å². The van der Waals surface area contributed by atoms with E-state index >= 15 is 0 Å². The highest BCUT2D eigenvalue weighted by Gasteiger charge is 2.23. The van der Waals surface area contributed by atoms with Crippen molar-refractivity contribution < 1.29 is 0 Å². The van der Waals surface area contributed by atoms with Crippen LogP contribution in [0, 0.1) is 0 Å². The molecule has 64 heavy (non-hydrogen) atoms. The molecule has 0 aliphatic rings. The molecule has 4 heterocycles. The number of thiophene rings is 2. The summed E-state index contributed by atoms with van der Waals surface area (Å²) in [5, 5.41) is 10.2. The molecular weight excluding hydrogens is 813 g/mol. The molecule has 0 saturated heterocycles. The Morgan fingerprint density at radius 3 is 1.73 bits per heavy atom. The highest BCUT2D eigenvalue weighted by Crippen LogP contribution is 2.47. The predicted octanol–water partition coefficient (Wildman–Crippen LogP) is 17.6. The summed E-state index contributed by atoms with van der Waals surface area (Å²) in [6.07, 6.45) is 0. The maximum atomic E-state index is 2.54. The molecule has 0 aliphatic heterocycles. The molecule has 4 aromatic heterocycles. The van der Waals surface area contributed by atoms with Crippen molar-refractivity contribution in [3.05, 3.63) is 218 Å². The van der Waals surface area contributed by atoms with E-state index in [1.54, 1.807) is 0 Å². The maximum absolute atomic E-state index is 2.54. The van der Waals surface area contributed by atoms with Crippen molar-refractivity contribution in [3.63, 3.8) is 0 Å². The van der Waals surface area contributed by atoms with E-state index in [-0.39, 0.29) is 0 Å². The molecule has 0 fully saturated rings. The summed E-state index contributed by atoms with van der Waals surface area (Å²) in [7, 11) is 0. The van der Waals surface area contributed by atoms with Gasteiger partial charge in [-0.3, -0.25) is 0 Å². The van der Waals surface area contributed by atoms with Crippen LogP contribution in [0.2, 0.25) is 0 Å². The lowest BCUT2D eigenvalue weighted by Crippen LogP contribution is -1.95. The largest absolute Gasteiger partial charge is 0.309 e. The van der Waals surface area contributed by atoms with E-state index in [4.69, 9.17) is 0 Å². The fourth-order valence-electron chi connectivity index (χ4n) is 10.5. The van der Waals surface area contributed by atoms with E-state index in [1.807, 2.05) is 22.7 Å². The van der Waals surface area contributed by atoms with Crippen LogP contribution >= 0.6 is 22.7 Å². The van der Waals surface area contributed by atoms with Crippen LogP contribution in [0.15, 0.2) is 218 Å². The van der Waals surface area contributed by atoms with Gasteiger partial charge in [-0.1, -0.05) is 152 Å². The zero-order valence-corrected chi connectivity index (χ0v) is 36.1. The lowest BCUT2D eigenvalue weighted by molar-refractivity contribution is 1.18. The van der Waals surface area contributed by atoms with E-state index in [2.05, 4.69) is 228 Å². The minimum Gasteiger partial charge on any atom is -0.309 e. The Balaban J connectivity index is 1.03. The molecule has 0 saturated carbocycles. The summed E-state index contributed by atoms with van der Waals surface area (Å²) in [6.45, 7) is 0. The lowest BCUT2D eigenvalue weighted by atomic mass is 9.98. The van der Waals surface area contributed by atoms with Crippen LogP contribution in [-0.2, 0) is 0 Å². The van der Waals surface area contributed by atoms with E-state index < -0.39 is 0 Å². The Labute approximate surface area is 376 Å². The van der Waals surface area contributed by atoms with Crippen molar-refractivity contribution >= 4 is 107 Å². The number of benzene rings is 10. The van der Waals surface area contributed by atoms with Gasteiger partial charge in [0.1, 0.15) is 0 Å². The minimum atomic E-state index is 1.15. The zero-order chi connectivity index (χ0) is 41.9. The van der Waals surface area contributed by atoms with Crippen LogP contribution in [0.25, 0.3) is 129 Å². The summed E-state index contributed by atoms with van der Waals surface area (Å²) in [6, 6.07) is 80.8. The molecular formula is C60H36N2S2. The first-order valence-corrected chi connectivity index (χ1v) is 23.5. The Morgan fingerprint density at radius 1 is 0.281 bits per heavy atom. The topological polar surface area (TPSA) is 9.86 Å². The first-order chi connectivity index (χ1) is 31.7. The first-order valence-electron chi connectivity index (χ1n) is 21.8. The number of aromatic nitrogens is 2. The molecule has 0 atom stereocenters. The summed E-state index contributed by atoms with van der Waals surface area (Å²) in [5.41, 5.74) is 14.6. The predicted molar refractivity (Wildman–Crippen MR) is 277 cm³/mol. The van der Waals surface area contributed by atoms with E-state index in [9.17, 15) is 0 Å². The number of rotatable bonds is 5. The molecule has 10 aromatic carbocycles. The monoisotopic (exact) mass is 848 g/mol. The zero-order valence-electron chi connectivity index (χ0n) is 34.5. The van der Waals surface area contributed by atoms with Gasteiger partial charge in [-0.05, 0) is 94.5 Å². The molecule has 0 bridgehead atoms. The second-order valence-corrected chi connectivity index (χ2v) is 18.9. The van der Waals surface area contributed by atoms with Gasteiger partial charge in [0, 0.05) is 78.8 Å². The second kappa shape index (κ2) is 13.9. The van der Waals surface area contributed by atoms with Crippen LogP contribution in [0.5, 0.6) is 0 Å². The smallest absolute Gasteiger partial charge is 0.0641 e. The SMILES string of the molecule is c1ccc(-c2ccc(-n3c4ccccc4c4c3ccc3c5cc(-c6ccccc6)ccc5n(-c5ccc6sc7c(-c8cccc9sc%10ccccc%10c89)cccc7c6c5)c34)cc2)cc1. The normalized spacial score (nSPS) is 12.1. The quantitative estimate of drug-likeness (QED) is 0.163. The van der Waals surface area contributed by atoms with Gasteiger partial charge in [-0.25, -0.2) is 0 Å². The molecule has 0 spiro atoms. The van der Waals surface area contributed by atoms with E-state index in [0.717, 1.165) is 11.4 Å². The number of nitrogens with zero attached hydrogens (tertiary/aromatic N) is 2. The van der Waals surface area contributed by atoms with E-state index in [0.29, 0.717) is 0 Å². The summed E-state index contributed by atoms with van der Waals surface area (Å²) >= 11 is 3.79. The summed E-state index contributed by atoms with van der Waals surface area (Å²) < 4.78 is 10.3. The van der Waals surface area contributed by atoms with Crippen molar-refractivity contribution in [1.29, 1.82) is 0 Å². The molecule has 0 aliphatic carbocycles. The Bertz CT molecular complexity index is 4170. The molecule has 0 unspecified atom stereocenters. The van der Waals surface area contributed by atoms with Gasteiger partial charge in [0.25, 0.3) is 0 Å². The maximum Gasteiger partial charge on any atom is 0.0641 e. The molecule has 298 valence electrons. The van der Waals surface area contributed by atoms with Crippen molar-refractivity contribution in [2.45, 2.75) is 0 Å². The van der Waals surface area contributed by atoms with Crippen LogP contribution in [-0.4, -0.2) is 9.13 Å². The third kappa shape index (κ3) is 5.24. The molecule has 2 nitrogen and oxygen atoms in total. The van der Waals surface area contributed by atoms with Gasteiger partial charge in [0.15, 0.2) is 0 Å². The van der Waals surface area contributed by atoms with Crippen LogP contribution in [0.4, 0.5) is 0 Å². The minimum absolute atomic E-state index is 1.15. The molecule has 0 radical (unpaired) electrons. The Kier molecular flexibility index (Phi) is 7.76. The van der Waals surface area contributed by atoms with Crippen LogP contribution in [0.1, 0.15) is 0 Å². The molecule has 4 heteroatoms. The Morgan fingerprint density at radius 2 is 0.891 bits per heavy atom. The number of fused-ring (bicyclic) bond motifs is 13. The Hall–Kier alpha value is -7.76. The summed E-state index contributed by atoms with van der Waals surface area (Å²) in [5.74, 6) is 0. The lowest BCUT2D eigenvalue weighted by Gasteiger charge is -2.11. The van der Waals surface area contributed by atoms with Crippen molar-refractivity contribution in [1.82, 2.24) is 9.13 Å². The highest BCUT2D eigenvalue weighted by molar-refractivity contribution is 7.26. The molecule has 0 N–H and O–H groups in total. The molecule has 14 aromatic rings. The van der Waals surface area contributed by atoms with Gasteiger partial charge >= 0.3 is 0 Å². The standard InChI is InChI=1S/C60H36N2S2/c1-3-13-37(14-4-1)39-25-28-41(29-26-39)61-51-22-9-7-17-47(51)58-53(61)33-31-44-49-35-40(38-15-5-2-6-16-38)27-32-52(49)62(59(44)58)42-30-34-55-50(36-42)46-21-11-20-45(60(46)64-55)43-19-12-24-56-57(43)48-18-8-10-23-54(48)63-56/h1-36H. The molecule has 0 amide bonds. The van der Waals surface area contributed by atoms with Crippen molar-refractivity contribution in [2.75, 3.05) is 0 Å². The van der Waals surface area contributed by atoms with Gasteiger partial charge in [0.05, 0.1) is 22.1 Å². The third-order valence-corrected chi connectivity index (χ3v) is 15.7. The summed E-state index contributed by atoms with van der Waals surface area (Å²) in [4.78, 5) is 0. The fourth-order valence-corrected chi connectivity index (χ4v) is 12.8. The van der Waals surface area contributed by atoms with Gasteiger partial charge in [-0.15, -0.1) is 22.7 Å². The number of hydrogen-bond donors (Lipinski definition) is 0. The van der Waals surface area contributed by atoms with Gasteiger partial charge < -0.3 is 9.13 Å².